The molecule has 3 fully saturated rings. The predicted octanol–water partition coefficient (Wildman–Crippen LogP) is 5.04. The number of fused-ring (bicyclic) bond motifs is 1. The van der Waals surface area contributed by atoms with Crippen molar-refractivity contribution in [3.63, 3.8) is 0 Å². The maximum Gasteiger partial charge on any atom is 0.439 e. The smallest absolute Gasteiger partial charge is 0.381 e. The Hall–Kier alpha value is -3.01. The van der Waals surface area contributed by atoms with Crippen LogP contribution in [0.2, 0.25) is 0 Å². The van der Waals surface area contributed by atoms with Crippen LogP contribution in [0.3, 0.4) is 0 Å². The first-order valence-corrected chi connectivity index (χ1v) is 14.3. The number of nitrogens with zero attached hydrogens (tertiary/aromatic N) is 5. The van der Waals surface area contributed by atoms with Gasteiger partial charge in [0.25, 0.3) is 0 Å². The monoisotopic (exact) mass is 521 g/mol. The minimum Gasteiger partial charge on any atom is -0.381 e. The van der Waals surface area contributed by atoms with Crippen LogP contribution in [0, 0.1) is 23.7 Å². The summed E-state index contributed by atoms with van der Waals surface area (Å²) < 4.78 is 12.7. The van der Waals surface area contributed by atoms with Crippen molar-refractivity contribution >= 4 is 22.6 Å². The molecule has 204 valence electrons. The zero-order chi connectivity index (χ0) is 26.2. The molecule has 1 atom stereocenters. The Balaban J connectivity index is 1.47. The lowest BCUT2D eigenvalue weighted by Crippen LogP contribution is -2.31. The Labute approximate surface area is 222 Å². The summed E-state index contributed by atoms with van der Waals surface area (Å²) in [6.45, 7) is 11.5. The first-order chi connectivity index (χ1) is 18.5. The van der Waals surface area contributed by atoms with Gasteiger partial charge in [-0.1, -0.05) is 37.9 Å². The van der Waals surface area contributed by atoms with Gasteiger partial charge in [-0.05, 0) is 74.7 Å². The fourth-order valence-corrected chi connectivity index (χ4v) is 6.26. The summed E-state index contributed by atoms with van der Waals surface area (Å²) in [5.41, 5.74) is 2.55. The quantitative estimate of drug-likeness (QED) is 0.423. The van der Waals surface area contributed by atoms with E-state index >= 15 is 0 Å². The standard InChI is InChI=1S/C28H39N7O3/c1-16-7-9-19(10-8-16)15-35-22-23(29-18(3)21-5-4-6-21)30-25(26-33-28(36)38-34-26)31-24(22)32-27(35)17(2)20-11-13-37-14-12-20/h16,18-21H,2,4-15H2,1,3H3,(H,29,30,31)(H,33,34,36)/t16?,18-,19?/m1/s1. The Morgan fingerprint density at radius 2 is 1.87 bits per heavy atom. The normalized spacial score (nSPS) is 23.8. The van der Waals surface area contributed by atoms with E-state index in [2.05, 4.69) is 40.5 Å². The van der Waals surface area contributed by atoms with Gasteiger partial charge in [0.05, 0.1) is 0 Å². The van der Waals surface area contributed by atoms with Gasteiger partial charge in [0.1, 0.15) is 11.3 Å². The summed E-state index contributed by atoms with van der Waals surface area (Å²) in [6.07, 6.45) is 10.6. The molecule has 0 aromatic carbocycles. The molecular weight excluding hydrogens is 482 g/mol. The number of hydrogen-bond donors (Lipinski definition) is 2. The van der Waals surface area contributed by atoms with E-state index in [1.807, 2.05) is 0 Å². The molecular formula is C28H39N7O3. The van der Waals surface area contributed by atoms with Crippen molar-refractivity contribution in [2.75, 3.05) is 18.5 Å². The molecule has 0 radical (unpaired) electrons. The fourth-order valence-electron chi connectivity index (χ4n) is 6.26. The van der Waals surface area contributed by atoms with Gasteiger partial charge in [-0.25, -0.2) is 19.7 Å². The second-order valence-electron chi connectivity index (χ2n) is 11.7. The summed E-state index contributed by atoms with van der Waals surface area (Å²) in [6, 6.07) is 0.257. The lowest BCUT2D eigenvalue weighted by molar-refractivity contribution is 0.0806. The minimum absolute atomic E-state index is 0.205. The SMILES string of the molecule is C=C(c1nc2nc(-c3noc(=O)[nH]3)nc(N[C@H](C)C3CCC3)c2n1CC1CCC(C)CC1)C1CCOCC1. The van der Waals surface area contributed by atoms with E-state index in [1.54, 1.807) is 0 Å². The summed E-state index contributed by atoms with van der Waals surface area (Å²) in [5.74, 6) is 3.81. The molecule has 0 spiro atoms. The molecule has 0 amide bonds. The maximum absolute atomic E-state index is 11.7. The van der Waals surface area contributed by atoms with Gasteiger partial charge < -0.3 is 14.6 Å². The van der Waals surface area contributed by atoms with Crippen LogP contribution >= 0.6 is 0 Å². The van der Waals surface area contributed by atoms with Crippen molar-refractivity contribution in [3.05, 3.63) is 23.0 Å². The molecule has 4 heterocycles. The number of aromatic nitrogens is 6. The van der Waals surface area contributed by atoms with Crippen molar-refractivity contribution in [1.82, 2.24) is 29.7 Å². The van der Waals surface area contributed by atoms with Gasteiger partial charge in [0.15, 0.2) is 11.5 Å². The molecule has 10 heteroatoms. The molecule has 38 heavy (non-hydrogen) atoms. The Morgan fingerprint density at radius 1 is 1.11 bits per heavy atom. The highest BCUT2D eigenvalue weighted by atomic mass is 16.5. The van der Waals surface area contributed by atoms with Gasteiger partial charge in [-0.3, -0.25) is 9.51 Å². The Bertz CT molecular complexity index is 1340. The molecule has 3 aromatic rings. The summed E-state index contributed by atoms with van der Waals surface area (Å²) in [4.78, 5) is 29.0. The average molecular weight is 522 g/mol. The van der Waals surface area contributed by atoms with Crippen LogP contribution in [-0.2, 0) is 11.3 Å². The van der Waals surface area contributed by atoms with Crippen LogP contribution in [0.5, 0.6) is 0 Å². The minimum atomic E-state index is -0.633. The molecule has 2 N–H and O–H groups in total. The van der Waals surface area contributed by atoms with Gasteiger partial charge in [0, 0.05) is 25.8 Å². The highest BCUT2D eigenvalue weighted by molar-refractivity contribution is 5.87. The molecule has 2 aliphatic carbocycles. The van der Waals surface area contributed by atoms with E-state index in [1.165, 1.54) is 44.9 Å². The molecule has 0 unspecified atom stereocenters. The van der Waals surface area contributed by atoms with Crippen LogP contribution in [0.4, 0.5) is 5.82 Å². The number of allylic oxidation sites excluding steroid dienone is 1. The lowest BCUT2D eigenvalue weighted by atomic mass is 9.80. The topological polar surface area (TPSA) is 124 Å². The number of nitrogens with one attached hydrogen (secondary N) is 2. The third kappa shape index (κ3) is 5.02. The molecule has 6 rings (SSSR count). The lowest BCUT2D eigenvalue weighted by Gasteiger charge is -2.32. The molecule has 3 aromatic heterocycles. The molecule has 2 saturated carbocycles. The molecule has 10 nitrogen and oxygen atoms in total. The zero-order valence-electron chi connectivity index (χ0n) is 22.5. The second-order valence-corrected chi connectivity index (χ2v) is 11.7. The van der Waals surface area contributed by atoms with Gasteiger partial charge in [0.2, 0.25) is 11.6 Å². The predicted molar refractivity (Wildman–Crippen MR) is 146 cm³/mol. The fraction of sp³-hybridized carbons (Fsp3) is 0.679. The first kappa shape index (κ1) is 25.3. The zero-order valence-corrected chi connectivity index (χ0v) is 22.5. The largest absolute Gasteiger partial charge is 0.439 e. The highest BCUT2D eigenvalue weighted by Gasteiger charge is 2.30. The van der Waals surface area contributed by atoms with E-state index in [4.69, 9.17) is 24.2 Å². The number of anilines is 1. The average Bonchev–Trinajstić information content (AvgIpc) is 3.48. The number of aromatic amines is 1. The van der Waals surface area contributed by atoms with Gasteiger partial charge in [-0.2, -0.15) is 0 Å². The molecule has 0 bridgehead atoms. The van der Waals surface area contributed by atoms with E-state index in [0.717, 1.165) is 61.3 Å². The number of rotatable bonds is 8. The van der Waals surface area contributed by atoms with Crippen molar-refractivity contribution < 1.29 is 9.26 Å². The van der Waals surface area contributed by atoms with Crippen molar-refractivity contribution in [2.45, 2.75) is 84.2 Å². The molecule has 1 saturated heterocycles. The number of imidazole rings is 1. The maximum atomic E-state index is 11.7. The van der Waals surface area contributed by atoms with Gasteiger partial charge >= 0.3 is 5.76 Å². The second kappa shape index (κ2) is 10.6. The van der Waals surface area contributed by atoms with Crippen LogP contribution in [-0.4, -0.2) is 48.9 Å². The summed E-state index contributed by atoms with van der Waals surface area (Å²) in [5, 5.41) is 7.56. The summed E-state index contributed by atoms with van der Waals surface area (Å²) in [7, 11) is 0. The Morgan fingerprint density at radius 3 is 2.53 bits per heavy atom. The molecule has 3 aliphatic rings. The number of ether oxygens (including phenoxy) is 1. The van der Waals surface area contributed by atoms with E-state index in [9.17, 15) is 4.79 Å². The van der Waals surface area contributed by atoms with Crippen LogP contribution in [0.1, 0.15) is 77.5 Å². The Kier molecular flexibility index (Phi) is 7.07. The molecule has 1 aliphatic heterocycles. The van der Waals surface area contributed by atoms with E-state index < -0.39 is 5.76 Å². The van der Waals surface area contributed by atoms with Crippen molar-refractivity contribution in [3.8, 4) is 11.6 Å². The van der Waals surface area contributed by atoms with E-state index in [0.29, 0.717) is 29.2 Å². The van der Waals surface area contributed by atoms with Crippen LogP contribution < -0.4 is 11.1 Å². The van der Waals surface area contributed by atoms with Crippen molar-refractivity contribution in [1.29, 1.82) is 0 Å². The number of H-pyrrole nitrogens is 1. The van der Waals surface area contributed by atoms with Crippen LogP contribution in [0.25, 0.3) is 28.4 Å². The van der Waals surface area contributed by atoms with Crippen LogP contribution in [0.15, 0.2) is 15.9 Å². The third-order valence-electron chi connectivity index (χ3n) is 9.05. The van der Waals surface area contributed by atoms with Crippen molar-refractivity contribution in [2.24, 2.45) is 23.7 Å². The number of hydrogen-bond acceptors (Lipinski definition) is 8. The highest BCUT2D eigenvalue weighted by Crippen LogP contribution is 2.37. The van der Waals surface area contributed by atoms with Gasteiger partial charge in [-0.15, -0.1) is 0 Å². The third-order valence-corrected chi connectivity index (χ3v) is 9.05. The van der Waals surface area contributed by atoms with E-state index in [-0.39, 0.29) is 11.9 Å². The summed E-state index contributed by atoms with van der Waals surface area (Å²) >= 11 is 0. The first-order valence-electron chi connectivity index (χ1n) is 14.3.